The van der Waals surface area contributed by atoms with Crippen LogP contribution in [-0.4, -0.2) is 21.3 Å². The smallest absolute Gasteiger partial charge is 0.161 e. The molecule has 0 heterocycles. The zero-order chi connectivity index (χ0) is 11.3. The number of hydrogen-bond donors (Lipinski definition) is 0. The lowest BCUT2D eigenvalue weighted by molar-refractivity contribution is 0.297. The molecule has 0 aliphatic carbocycles. The number of benzene rings is 1. The van der Waals surface area contributed by atoms with Crippen molar-refractivity contribution >= 4 is 6.08 Å². The van der Waals surface area contributed by atoms with Gasteiger partial charge in [0.25, 0.3) is 0 Å². The number of ether oxygens (including phenoxy) is 3. The predicted molar refractivity (Wildman–Crippen MR) is 60.2 cm³/mol. The highest BCUT2D eigenvalue weighted by molar-refractivity contribution is 5.56. The third-order valence-corrected chi connectivity index (χ3v) is 2.10. The van der Waals surface area contributed by atoms with E-state index in [-0.39, 0.29) is 0 Å². The van der Waals surface area contributed by atoms with Gasteiger partial charge < -0.3 is 14.2 Å². The number of methoxy groups -OCH3 is 3. The molecule has 0 fully saturated rings. The zero-order valence-corrected chi connectivity index (χ0v) is 9.53. The molecule has 0 aliphatic heterocycles. The molecule has 0 N–H and O–H groups in total. The van der Waals surface area contributed by atoms with Crippen LogP contribution in [0, 0.1) is 0 Å². The quantitative estimate of drug-likeness (QED) is 0.712. The van der Waals surface area contributed by atoms with Gasteiger partial charge in [0.05, 0.1) is 27.1 Å². The Hall–Kier alpha value is -1.64. The van der Waals surface area contributed by atoms with Gasteiger partial charge in [-0.2, -0.15) is 0 Å². The van der Waals surface area contributed by atoms with E-state index in [1.807, 2.05) is 31.2 Å². The highest BCUT2D eigenvalue weighted by Crippen LogP contribution is 2.28. The maximum absolute atomic E-state index is 5.20. The van der Waals surface area contributed by atoms with Crippen LogP contribution in [0.2, 0.25) is 0 Å². The summed E-state index contributed by atoms with van der Waals surface area (Å²) in [6.07, 6.45) is 1.93. The lowest BCUT2D eigenvalue weighted by Gasteiger charge is -2.08. The summed E-state index contributed by atoms with van der Waals surface area (Å²) in [5.74, 6) is 2.29. The molecular weight excluding hydrogens is 192 g/mol. The van der Waals surface area contributed by atoms with Gasteiger partial charge in [0.15, 0.2) is 11.5 Å². The average molecular weight is 208 g/mol. The first-order chi connectivity index (χ1) is 7.21. The van der Waals surface area contributed by atoms with E-state index in [1.54, 1.807) is 21.3 Å². The lowest BCUT2D eigenvalue weighted by Crippen LogP contribution is -1.90. The Balaban J connectivity index is 3.03. The molecule has 0 bridgehead atoms. The first-order valence-electron chi connectivity index (χ1n) is 4.65. The van der Waals surface area contributed by atoms with Gasteiger partial charge in [-0.3, -0.25) is 0 Å². The van der Waals surface area contributed by atoms with Crippen molar-refractivity contribution in [1.82, 2.24) is 0 Å². The topological polar surface area (TPSA) is 27.7 Å². The fourth-order valence-electron chi connectivity index (χ4n) is 1.24. The first-order valence-corrected chi connectivity index (χ1v) is 4.65. The van der Waals surface area contributed by atoms with Gasteiger partial charge in [0, 0.05) is 0 Å². The Bertz CT molecular complexity index is 356. The molecular formula is C12H16O3. The van der Waals surface area contributed by atoms with Crippen molar-refractivity contribution in [3.05, 3.63) is 29.5 Å². The van der Waals surface area contributed by atoms with Crippen LogP contribution in [0.1, 0.15) is 12.5 Å². The summed E-state index contributed by atoms with van der Waals surface area (Å²) in [5, 5.41) is 0. The van der Waals surface area contributed by atoms with Gasteiger partial charge in [0.2, 0.25) is 0 Å². The minimum absolute atomic E-state index is 0.718. The van der Waals surface area contributed by atoms with Crippen LogP contribution in [0.4, 0.5) is 0 Å². The summed E-state index contributed by atoms with van der Waals surface area (Å²) in [5.41, 5.74) is 1.02. The normalized spacial score (nSPS) is 11.1. The molecule has 1 aromatic rings. The van der Waals surface area contributed by atoms with Crippen molar-refractivity contribution in [3.63, 3.8) is 0 Å². The number of allylic oxidation sites excluding steroid dienone is 1. The van der Waals surface area contributed by atoms with Crippen LogP contribution in [-0.2, 0) is 4.74 Å². The van der Waals surface area contributed by atoms with Crippen LogP contribution in [0.3, 0.4) is 0 Å². The van der Waals surface area contributed by atoms with Crippen molar-refractivity contribution in [2.45, 2.75) is 6.92 Å². The molecule has 1 aromatic carbocycles. The van der Waals surface area contributed by atoms with Crippen molar-refractivity contribution in [2.75, 3.05) is 21.3 Å². The second-order valence-corrected chi connectivity index (χ2v) is 3.07. The standard InChI is InChI=1S/C12H16O3/c1-9(13-2)7-10-5-6-11(14-3)12(8-10)15-4/h5-8H,1-4H3/b9-7-. The van der Waals surface area contributed by atoms with Crippen LogP contribution >= 0.6 is 0 Å². The maximum Gasteiger partial charge on any atom is 0.161 e. The van der Waals surface area contributed by atoms with Gasteiger partial charge >= 0.3 is 0 Å². The Morgan fingerprint density at radius 2 is 1.73 bits per heavy atom. The van der Waals surface area contributed by atoms with Crippen molar-refractivity contribution in [3.8, 4) is 11.5 Å². The first kappa shape index (κ1) is 11.4. The molecule has 3 heteroatoms. The van der Waals surface area contributed by atoms with Crippen molar-refractivity contribution in [2.24, 2.45) is 0 Å². The molecule has 3 nitrogen and oxygen atoms in total. The Morgan fingerprint density at radius 3 is 2.27 bits per heavy atom. The van der Waals surface area contributed by atoms with Crippen LogP contribution in [0.15, 0.2) is 24.0 Å². The van der Waals surface area contributed by atoms with Gasteiger partial charge in [-0.15, -0.1) is 0 Å². The minimum atomic E-state index is 0.718. The second-order valence-electron chi connectivity index (χ2n) is 3.07. The van der Waals surface area contributed by atoms with E-state index in [0.29, 0.717) is 0 Å². The molecule has 0 radical (unpaired) electrons. The second kappa shape index (κ2) is 5.29. The van der Waals surface area contributed by atoms with Crippen LogP contribution in [0.5, 0.6) is 11.5 Å². The molecule has 0 saturated carbocycles. The zero-order valence-electron chi connectivity index (χ0n) is 9.53. The molecule has 0 spiro atoms. The van der Waals surface area contributed by atoms with Crippen molar-refractivity contribution in [1.29, 1.82) is 0 Å². The molecule has 0 aromatic heterocycles. The molecule has 0 atom stereocenters. The summed E-state index contributed by atoms with van der Waals surface area (Å²) in [6, 6.07) is 5.72. The highest BCUT2D eigenvalue weighted by atomic mass is 16.5. The third-order valence-electron chi connectivity index (χ3n) is 2.10. The molecule has 1 rings (SSSR count). The Morgan fingerprint density at radius 1 is 1.07 bits per heavy atom. The van der Waals surface area contributed by atoms with E-state index in [2.05, 4.69) is 0 Å². The summed E-state index contributed by atoms with van der Waals surface area (Å²) in [7, 11) is 4.88. The third kappa shape index (κ3) is 2.91. The monoisotopic (exact) mass is 208 g/mol. The summed E-state index contributed by atoms with van der Waals surface area (Å²) >= 11 is 0. The molecule has 0 aliphatic rings. The van der Waals surface area contributed by atoms with E-state index in [4.69, 9.17) is 14.2 Å². The van der Waals surface area contributed by atoms with E-state index in [9.17, 15) is 0 Å². The average Bonchev–Trinajstić information content (AvgIpc) is 2.28. The van der Waals surface area contributed by atoms with E-state index >= 15 is 0 Å². The predicted octanol–water partition coefficient (Wildman–Crippen LogP) is 2.71. The Kier molecular flexibility index (Phi) is 4.03. The van der Waals surface area contributed by atoms with E-state index in [1.165, 1.54) is 0 Å². The highest BCUT2D eigenvalue weighted by Gasteiger charge is 2.03. The SMILES string of the molecule is CO/C(C)=C\c1ccc(OC)c(OC)c1. The number of rotatable bonds is 4. The molecule has 0 saturated heterocycles. The minimum Gasteiger partial charge on any atom is -0.501 e. The summed E-state index contributed by atoms with van der Waals surface area (Å²) < 4.78 is 15.4. The van der Waals surface area contributed by atoms with Gasteiger partial charge in [-0.1, -0.05) is 6.07 Å². The largest absolute Gasteiger partial charge is 0.501 e. The van der Waals surface area contributed by atoms with Gasteiger partial charge in [-0.25, -0.2) is 0 Å². The Labute approximate surface area is 90.3 Å². The summed E-state index contributed by atoms with van der Waals surface area (Å²) in [4.78, 5) is 0. The fourth-order valence-corrected chi connectivity index (χ4v) is 1.24. The van der Waals surface area contributed by atoms with E-state index in [0.717, 1.165) is 22.8 Å². The van der Waals surface area contributed by atoms with Crippen LogP contribution < -0.4 is 9.47 Å². The number of hydrogen-bond acceptors (Lipinski definition) is 3. The van der Waals surface area contributed by atoms with E-state index < -0.39 is 0 Å². The molecule has 0 amide bonds. The fraction of sp³-hybridized carbons (Fsp3) is 0.333. The summed E-state index contributed by atoms with van der Waals surface area (Å²) in [6.45, 7) is 1.90. The molecule has 82 valence electrons. The molecule has 15 heavy (non-hydrogen) atoms. The lowest BCUT2D eigenvalue weighted by atomic mass is 10.2. The van der Waals surface area contributed by atoms with Crippen molar-refractivity contribution < 1.29 is 14.2 Å². The van der Waals surface area contributed by atoms with Crippen LogP contribution in [0.25, 0.3) is 6.08 Å². The maximum atomic E-state index is 5.20. The van der Waals surface area contributed by atoms with Gasteiger partial charge in [0.1, 0.15) is 0 Å². The molecule has 0 unspecified atom stereocenters. The van der Waals surface area contributed by atoms with Gasteiger partial charge in [-0.05, 0) is 30.7 Å².